The average molecular weight is 245 g/mol. The van der Waals surface area contributed by atoms with Crippen molar-refractivity contribution < 1.29 is 4.92 Å². The first kappa shape index (κ1) is 9.98. The minimum Gasteiger partial charge on any atom is -0.380 e. The van der Waals surface area contributed by atoms with Gasteiger partial charge in [0, 0.05) is 6.54 Å². The molecule has 1 aromatic carbocycles. The van der Waals surface area contributed by atoms with Crippen molar-refractivity contribution in [2.75, 3.05) is 11.9 Å². The molecule has 1 rings (SSSR count). The Morgan fingerprint density at radius 3 is 2.85 bits per heavy atom. The largest absolute Gasteiger partial charge is 0.380 e. The summed E-state index contributed by atoms with van der Waals surface area (Å²) in [6, 6.07) is 5.10. The summed E-state index contributed by atoms with van der Waals surface area (Å²) in [6.07, 6.45) is 0. The molecule has 0 saturated carbocycles. The maximum atomic E-state index is 10.7. The summed E-state index contributed by atoms with van der Waals surface area (Å²) in [5.74, 6) is 0. The number of rotatable bonds is 3. The predicted octanol–water partition coefficient (Wildman–Crippen LogP) is 2.79. The Kier molecular flexibility index (Phi) is 3.25. The van der Waals surface area contributed by atoms with Crippen LogP contribution in [0.5, 0.6) is 0 Å². The number of benzene rings is 1. The molecule has 0 unspecified atom stereocenters. The van der Waals surface area contributed by atoms with Crippen molar-refractivity contribution in [3.05, 3.63) is 32.8 Å². The van der Waals surface area contributed by atoms with Crippen LogP contribution >= 0.6 is 15.9 Å². The van der Waals surface area contributed by atoms with E-state index in [1.807, 2.05) is 6.92 Å². The second kappa shape index (κ2) is 4.23. The topological polar surface area (TPSA) is 55.2 Å². The average Bonchev–Trinajstić information content (AvgIpc) is 2.04. The molecular weight excluding hydrogens is 236 g/mol. The molecule has 0 aliphatic rings. The van der Waals surface area contributed by atoms with E-state index in [1.54, 1.807) is 18.2 Å². The second-order valence-electron chi connectivity index (χ2n) is 2.42. The number of hydrogen-bond acceptors (Lipinski definition) is 3. The van der Waals surface area contributed by atoms with Crippen molar-refractivity contribution >= 4 is 27.3 Å². The highest BCUT2D eigenvalue weighted by Gasteiger charge is 2.16. The molecule has 0 aromatic heterocycles. The zero-order valence-corrected chi connectivity index (χ0v) is 8.67. The van der Waals surface area contributed by atoms with Crippen molar-refractivity contribution in [2.45, 2.75) is 6.92 Å². The van der Waals surface area contributed by atoms with Crippen molar-refractivity contribution in [2.24, 2.45) is 0 Å². The number of hydrogen-bond donors (Lipinski definition) is 1. The smallest absolute Gasteiger partial charge is 0.306 e. The lowest BCUT2D eigenvalue weighted by Gasteiger charge is -2.04. The quantitative estimate of drug-likeness (QED) is 0.658. The molecule has 0 saturated heterocycles. The van der Waals surface area contributed by atoms with Gasteiger partial charge in [-0.3, -0.25) is 10.1 Å². The van der Waals surface area contributed by atoms with Gasteiger partial charge in [0.1, 0.15) is 5.69 Å². The summed E-state index contributed by atoms with van der Waals surface area (Å²) in [4.78, 5) is 10.3. The Bertz CT molecular complexity index is 328. The zero-order chi connectivity index (χ0) is 9.84. The van der Waals surface area contributed by atoms with Crippen LogP contribution in [0.4, 0.5) is 11.4 Å². The third-order valence-electron chi connectivity index (χ3n) is 1.54. The van der Waals surface area contributed by atoms with Crippen molar-refractivity contribution in [3.8, 4) is 0 Å². The first-order chi connectivity index (χ1) is 6.16. The van der Waals surface area contributed by atoms with E-state index < -0.39 is 4.92 Å². The van der Waals surface area contributed by atoms with Crippen LogP contribution in [0.1, 0.15) is 6.92 Å². The van der Waals surface area contributed by atoms with Crippen molar-refractivity contribution in [3.63, 3.8) is 0 Å². The Labute approximate surface area is 84.2 Å². The molecule has 1 N–H and O–H groups in total. The van der Waals surface area contributed by atoms with Crippen LogP contribution in [-0.2, 0) is 0 Å². The SMILES string of the molecule is CCNc1cccc(Br)c1[N+](=O)[O-]. The van der Waals surface area contributed by atoms with Gasteiger partial charge in [-0.15, -0.1) is 0 Å². The normalized spacial score (nSPS) is 9.69. The van der Waals surface area contributed by atoms with E-state index in [4.69, 9.17) is 0 Å². The number of nitro groups is 1. The molecule has 0 radical (unpaired) electrons. The van der Waals surface area contributed by atoms with Gasteiger partial charge in [-0.25, -0.2) is 0 Å². The van der Waals surface area contributed by atoms with Crippen LogP contribution in [0.25, 0.3) is 0 Å². The minimum atomic E-state index is -0.401. The molecule has 0 bridgehead atoms. The van der Waals surface area contributed by atoms with E-state index in [9.17, 15) is 10.1 Å². The maximum Gasteiger partial charge on any atom is 0.306 e. The summed E-state index contributed by atoms with van der Waals surface area (Å²) in [7, 11) is 0. The van der Waals surface area contributed by atoms with Gasteiger partial charge < -0.3 is 5.32 Å². The van der Waals surface area contributed by atoms with Gasteiger partial charge in [0.15, 0.2) is 0 Å². The van der Waals surface area contributed by atoms with E-state index in [0.29, 0.717) is 16.7 Å². The Morgan fingerprint density at radius 1 is 1.62 bits per heavy atom. The maximum absolute atomic E-state index is 10.7. The summed E-state index contributed by atoms with van der Waals surface area (Å²) in [6.45, 7) is 2.56. The third-order valence-corrected chi connectivity index (χ3v) is 2.18. The molecule has 4 nitrogen and oxygen atoms in total. The monoisotopic (exact) mass is 244 g/mol. The van der Waals surface area contributed by atoms with Gasteiger partial charge in [0.25, 0.3) is 0 Å². The molecule has 13 heavy (non-hydrogen) atoms. The van der Waals surface area contributed by atoms with Crippen LogP contribution in [0.2, 0.25) is 0 Å². The van der Waals surface area contributed by atoms with Gasteiger partial charge in [-0.2, -0.15) is 0 Å². The lowest BCUT2D eigenvalue weighted by Crippen LogP contribution is -2.01. The predicted molar refractivity (Wildman–Crippen MR) is 55.0 cm³/mol. The summed E-state index contributed by atoms with van der Waals surface area (Å²) < 4.78 is 0.496. The number of anilines is 1. The number of halogens is 1. The van der Waals surface area contributed by atoms with Crippen molar-refractivity contribution in [1.82, 2.24) is 0 Å². The van der Waals surface area contributed by atoms with Crippen molar-refractivity contribution in [1.29, 1.82) is 0 Å². The molecule has 0 spiro atoms. The number of nitrogens with zero attached hydrogens (tertiary/aromatic N) is 1. The fourth-order valence-electron chi connectivity index (χ4n) is 1.03. The highest BCUT2D eigenvalue weighted by molar-refractivity contribution is 9.10. The molecule has 1 aromatic rings. The first-order valence-corrected chi connectivity index (χ1v) is 4.63. The number of nitro benzene ring substituents is 1. The third kappa shape index (κ3) is 2.18. The molecule has 5 heteroatoms. The van der Waals surface area contributed by atoms with Gasteiger partial charge in [0.2, 0.25) is 0 Å². The van der Waals surface area contributed by atoms with Crippen LogP contribution in [0.3, 0.4) is 0 Å². The van der Waals surface area contributed by atoms with E-state index in [0.717, 1.165) is 0 Å². The van der Waals surface area contributed by atoms with Crippen LogP contribution in [0.15, 0.2) is 22.7 Å². The molecule has 0 aliphatic carbocycles. The Hall–Kier alpha value is -1.10. The highest BCUT2D eigenvalue weighted by Crippen LogP contribution is 2.32. The Morgan fingerprint density at radius 2 is 2.31 bits per heavy atom. The fourth-order valence-corrected chi connectivity index (χ4v) is 1.54. The van der Waals surface area contributed by atoms with Gasteiger partial charge >= 0.3 is 5.69 Å². The van der Waals surface area contributed by atoms with Crippen LogP contribution in [-0.4, -0.2) is 11.5 Å². The van der Waals surface area contributed by atoms with Gasteiger partial charge in [0.05, 0.1) is 9.40 Å². The van der Waals surface area contributed by atoms with E-state index >= 15 is 0 Å². The highest BCUT2D eigenvalue weighted by atomic mass is 79.9. The summed E-state index contributed by atoms with van der Waals surface area (Å²) in [5.41, 5.74) is 0.631. The standard InChI is InChI=1S/C8H9BrN2O2/c1-2-10-7-5-3-4-6(9)8(7)11(12)13/h3-5,10H,2H2,1H3. The molecule has 70 valence electrons. The lowest BCUT2D eigenvalue weighted by atomic mass is 10.2. The minimum absolute atomic E-state index is 0.0874. The summed E-state index contributed by atoms with van der Waals surface area (Å²) in [5, 5.41) is 13.6. The zero-order valence-electron chi connectivity index (χ0n) is 7.08. The van der Waals surface area contributed by atoms with E-state index in [2.05, 4.69) is 21.2 Å². The van der Waals surface area contributed by atoms with E-state index in [1.165, 1.54) is 0 Å². The molecule has 0 heterocycles. The van der Waals surface area contributed by atoms with Crippen LogP contribution in [0, 0.1) is 10.1 Å². The fraction of sp³-hybridized carbons (Fsp3) is 0.250. The van der Waals surface area contributed by atoms with Gasteiger partial charge in [-0.05, 0) is 35.0 Å². The lowest BCUT2D eigenvalue weighted by molar-refractivity contribution is -0.384. The molecular formula is C8H9BrN2O2. The molecule has 0 atom stereocenters. The number of para-hydroxylation sites is 1. The molecule has 0 amide bonds. The van der Waals surface area contributed by atoms with Gasteiger partial charge in [-0.1, -0.05) is 6.07 Å². The van der Waals surface area contributed by atoms with Crippen LogP contribution < -0.4 is 5.32 Å². The summed E-state index contributed by atoms with van der Waals surface area (Å²) >= 11 is 3.14. The van der Waals surface area contributed by atoms with E-state index in [-0.39, 0.29) is 5.69 Å². The Balaban J connectivity index is 3.17. The first-order valence-electron chi connectivity index (χ1n) is 3.83. The molecule has 0 fully saturated rings. The second-order valence-corrected chi connectivity index (χ2v) is 3.28. The molecule has 0 aliphatic heterocycles. The number of nitrogens with one attached hydrogen (secondary N) is 1.